The maximum atomic E-state index is 12.6. The van der Waals surface area contributed by atoms with Crippen LogP contribution in [0.4, 0.5) is 0 Å². The number of carbonyl (C=O) groups excluding carboxylic acids is 1. The zero-order valence-corrected chi connectivity index (χ0v) is 17.4. The Morgan fingerprint density at radius 2 is 1.82 bits per heavy atom. The van der Waals surface area contributed by atoms with Crippen LogP contribution < -0.4 is 4.74 Å². The summed E-state index contributed by atoms with van der Waals surface area (Å²) in [6.07, 6.45) is 2.42. The van der Waals surface area contributed by atoms with Gasteiger partial charge in [0.05, 0.1) is 18.7 Å². The normalized spacial score (nSPS) is 15.5. The number of nitrogens with zero attached hydrogens (tertiary/aromatic N) is 3. The molecule has 1 aromatic carbocycles. The first-order valence-electron chi connectivity index (χ1n) is 10.1. The first-order chi connectivity index (χ1) is 13.3. The number of amides is 1. The molecule has 2 aromatic rings. The van der Waals surface area contributed by atoms with E-state index in [0.717, 1.165) is 37.2 Å². The lowest BCUT2D eigenvalue weighted by Gasteiger charge is -2.32. The molecule has 2 heterocycles. The van der Waals surface area contributed by atoms with E-state index in [4.69, 9.17) is 4.74 Å². The zero-order chi connectivity index (χ0) is 20.1. The third kappa shape index (κ3) is 5.31. The van der Waals surface area contributed by atoms with Gasteiger partial charge in [-0.1, -0.05) is 45.0 Å². The first-order valence-corrected chi connectivity index (χ1v) is 10.1. The first kappa shape index (κ1) is 20.3. The molecular weight excluding hydrogens is 350 g/mol. The number of likely N-dealkylation sites (tertiary alicyclic amines) is 1. The molecule has 0 atom stereocenters. The third-order valence-electron chi connectivity index (χ3n) is 5.45. The van der Waals surface area contributed by atoms with Crippen LogP contribution in [-0.2, 0) is 16.6 Å². The molecule has 0 radical (unpaired) electrons. The number of benzene rings is 1. The van der Waals surface area contributed by atoms with Crippen molar-refractivity contribution in [2.45, 2.75) is 52.4 Å². The molecule has 1 amide bonds. The molecule has 0 aliphatic carbocycles. The Labute approximate surface area is 168 Å². The summed E-state index contributed by atoms with van der Waals surface area (Å²) in [6.45, 7) is 10.6. The topological polar surface area (TPSA) is 55.3 Å². The summed E-state index contributed by atoms with van der Waals surface area (Å²) in [5.41, 5.74) is 3.25. The molecule has 28 heavy (non-hydrogen) atoms. The highest BCUT2D eigenvalue weighted by Gasteiger charge is 2.24. The fourth-order valence-corrected chi connectivity index (χ4v) is 3.43. The Balaban J connectivity index is 1.44. The number of hydrogen-bond acceptors (Lipinski definition) is 4. The van der Waals surface area contributed by atoms with Crippen molar-refractivity contribution < 1.29 is 9.53 Å². The molecule has 0 N–H and O–H groups in total. The Hall–Kier alpha value is -2.43. The number of hydrogen-bond donors (Lipinski definition) is 0. The van der Waals surface area contributed by atoms with Crippen molar-refractivity contribution in [2.24, 2.45) is 5.92 Å². The van der Waals surface area contributed by atoms with Crippen LogP contribution in [0.25, 0.3) is 0 Å². The minimum atomic E-state index is -0.0107. The average Bonchev–Trinajstić information content (AvgIpc) is 2.68. The minimum absolute atomic E-state index is 0.0107. The van der Waals surface area contributed by atoms with Gasteiger partial charge in [-0.2, -0.15) is 5.10 Å². The molecule has 150 valence electrons. The van der Waals surface area contributed by atoms with Gasteiger partial charge in [0.2, 0.25) is 11.8 Å². The van der Waals surface area contributed by atoms with Gasteiger partial charge in [0, 0.05) is 24.6 Å². The maximum Gasteiger partial charge on any atom is 0.233 e. The zero-order valence-electron chi connectivity index (χ0n) is 17.4. The highest BCUT2D eigenvalue weighted by atomic mass is 16.5. The van der Waals surface area contributed by atoms with E-state index in [2.05, 4.69) is 44.0 Å². The van der Waals surface area contributed by atoms with Crippen molar-refractivity contribution >= 4 is 5.91 Å². The van der Waals surface area contributed by atoms with Crippen LogP contribution >= 0.6 is 0 Å². The fourth-order valence-electron chi connectivity index (χ4n) is 3.43. The van der Waals surface area contributed by atoms with Crippen LogP contribution in [-0.4, -0.2) is 40.7 Å². The van der Waals surface area contributed by atoms with Crippen molar-refractivity contribution in [2.75, 3.05) is 19.7 Å². The molecule has 1 aromatic heterocycles. The Morgan fingerprint density at radius 3 is 2.43 bits per heavy atom. The Kier molecular flexibility index (Phi) is 6.32. The molecule has 0 saturated carbocycles. The highest BCUT2D eigenvalue weighted by molar-refractivity contribution is 5.79. The molecular formula is C23H31N3O2. The lowest BCUT2D eigenvalue weighted by atomic mass is 9.92. The van der Waals surface area contributed by atoms with Gasteiger partial charge in [0.25, 0.3) is 0 Å². The van der Waals surface area contributed by atoms with Crippen LogP contribution in [0.3, 0.4) is 0 Å². The van der Waals surface area contributed by atoms with Crippen LogP contribution in [0.1, 0.15) is 50.4 Å². The van der Waals surface area contributed by atoms with Crippen molar-refractivity contribution in [1.82, 2.24) is 15.1 Å². The molecule has 1 fully saturated rings. The van der Waals surface area contributed by atoms with Gasteiger partial charge in [-0.3, -0.25) is 4.79 Å². The predicted octanol–water partition coefficient (Wildman–Crippen LogP) is 3.94. The average molecular weight is 382 g/mol. The van der Waals surface area contributed by atoms with Crippen molar-refractivity contribution in [3.05, 3.63) is 53.2 Å². The third-order valence-corrected chi connectivity index (χ3v) is 5.45. The molecule has 1 aliphatic heterocycles. The summed E-state index contributed by atoms with van der Waals surface area (Å²) in [5.74, 6) is 1.25. The van der Waals surface area contributed by atoms with Gasteiger partial charge < -0.3 is 9.64 Å². The van der Waals surface area contributed by atoms with Gasteiger partial charge in [-0.05, 0) is 42.9 Å². The van der Waals surface area contributed by atoms with E-state index in [1.54, 1.807) is 0 Å². The van der Waals surface area contributed by atoms with Crippen molar-refractivity contribution in [3.63, 3.8) is 0 Å². The minimum Gasteiger partial charge on any atom is -0.476 e. The van der Waals surface area contributed by atoms with Gasteiger partial charge in [0.1, 0.15) is 0 Å². The van der Waals surface area contributed by atoms with E-state index in [-0.39, 0.29) is 11.3 Å². The molecule has 5 nitrogen and oxygen atoms in total. The second-order valence-corrected chi connectivity index (χ2v) is 8.75. The molecule has 0 bridgehead atoms. The smallest absolute Gasteiger partial charge is 0.233 e. The number of carbonyl (C=O) groups is 1. The lowest BCUT2D eigenvalue weighted by molar-refractivity contribution is -0.132. The van der Waals surface area contributed by atoms with Crippen LogP contribution in [0.5, 0.6) is 5.88 Å². The molecule has 5 heteroatoms. The van der Waals surface area contributed by atoms with Crippen molar-refractivity contribution in [3.8, 4) is 5.88 Å². The van der Waals surface area contributed by atoms with E-state index < -0.39 is 0 Å². The van der Waals surface area contributed by atoms with Gasteiger partial charge in [-0.25, -0.2) is 0 Å². The fraction of sp³-hybridized carbons (Fsp3) is 0.522. The summed E-state index contributed by atoms with van der Waals surface area (Å²) in [4.78, 5) is 14.6. The van der Waals surface area contributed by atoms with Crippen molar-refractivity contribution in [1.29, 1.82) is 0 Å². The maximum absolute atomic E-state index is 12.6. The molecule has 1 aliphatic rings. The van der Waals surface area contributed by atoms with Crippen LogP contribution in [0.2, 0.25) is 0 Å². The standard InChI is InChI=1S/C23H31N3O2/c1-17-7-5-6-8-19(17)15-22(27)26-13-11-18(12-14-26)16-28-21-10-9-20(24-25-21)23(2,3)4/h5-10,18H,11-16H2,1-4H3. The van der Waals surface area contributed by atoms with E-state index in [1.165, 1.54) is 5.56 Å². The SMILES string of the molecule is Cc1ccccc1CC(=O)N1CCC(COc2ccc(C(C)(C)C)nn2)CC1. The van der Waals surface area contributed by atoms with Crippen LogP contribution in [0, 0.1) is 12.8 Å². The van der Waals surface area contributed by atoms with Gasteiger partial charge in [-0.15, -0.1) is 5.10 Å². The number of aromatic nitrogens is 2. The molecule has 1 saturated heterocycles. The largest absolute Gasteiger partial charge is 0.476 e. The quantitative estimate of drug-likeness (QED) is 0.787. The second kappa shape index (κ2) is 8.72. The monoisotopic (exact) mass is 381 g/mol. The summed E-state index contributed by atoms with van der Waals surface area (Å²) in [5, 5.41) is 8.46. The molecule has 0 unspecified atom stereocenters. The van der Waals surface area contributed by atoms with E-state index >= 15 is 0 Å². The Morgan fingerprint density at radius 1 is 1.11 bits per heavy atom. The highest BCUT2D eigenvalue weighted by Crippen LogP contribution is 2.22. The number of rotatable bonds is 5. The van der Waals surface area contributed by atoms with E-state index in [0.29, 0.717) is 24.8 Å². The molecule has 3 rings (SSSR count). The van der Waals surface area contributed by atoms with E-state index in [1.807, 2.05) is 35.2 Å². The van der Waals surface area contributed by atoms with E-state index in [9.17, 15) is 4.79 Å². The molecule has 0 spiro atoms. The predicted molar refractivity (Wildman–Crippen MR) is 110 cm³/mol. The van der Waals surface area contributed by atoms with Gasteiger partial charge >= 0.3 is 0 Å². The van der Waals surface area contributed by atoms with Gasteiger partial charge in [0.15, 0.2) is 0 Å². The summed E-state index contributed by atoms with van der Waals surface area (Å²) in [7, 11) is 0. The second-order valence-electron chi connectivity index (χ2n) is 8.75. The van der Waals surface area contributed by atoms with Crippen LogP contribution in [0.15, 0.2) is 36.4 Å². The number of aryl methyl sites for hydroxylation is 1. The number of ether oxygens (including phenoxy) is 1. The number of piperidine rings is 1. The lowest BCUT2D eigenvalue weighted by Crippen LogP contribution is -2.40. The summed E-state index contributed by atoms with van der Waals surface area (Å²) in [6, 6.07) is 12.0. The summed E-state index contributed by atoms with van der Waals surface area (Å²) >= 11 is 0. The Bertz CT molecular complexity index is 788. The summed E-state index contributed by atoms with van der Waals surface area (Å²) < 4.78 is 5.84.